The molecule has 20 heavy (non-hydrogen) atoms. The van der Waals surface area contributed by atoms with Crippen molar-refractivity contribution >= 4 is 11.6 Å². The minimum Gasteiger partial charge on any atom is -0.381 e. The van der Waals surface area contributed by atoms with Gasteiger partial charge < -0.3 is 11.1 Å². The molecule has 1 amide bonds. The normalized spacial score (nSPS) is 10.3. The van der Waals surface area contributed by atoms with E-state index in [9.17, 15) is 9.18 Å². The zero-order valence-electron chi connectivity index (χ0n) is 11.5. The number of carbonyl (C=O) groups is 1. The fourth-order valence-corrected chi connectivity index (χ4v) is 2.07. The predicted octanol–water partition coefficient (Wildman–Crippen LogP) is 3.15. The Labute approximate surface area is 117 Å². The van der Waals surface area contributed by atoms with Gasteiger partial charge in [0, 0.05) is 12.2 Å². The van der Waals surface area contributed by atoms with Crippen molar-refractivity contribution in [1.82, 2.24) is 0 Å². The lowest BCUT2D eigenvalue weighted by Crippen LogP contribution is -2.13. The molecule has 3 N–H and O–H groups in total. The van der Waals surface area contributed by atoms with Crippen LogP contribution in [0.1, 0.15) is 27.0 Å². The third kappa shape index (κ3) is 3.15. The molecule has 4 heteroatoms. The number of amides is 1. The highest BCUT2D eigenvalue weighted by Crippen LogP contribution is 2.17. The predicted molar refractivity (Wildman–Crippen MR) is 78.2 cm³/mol. The highest BCUT2D eigenvalue weighted by atomic mass is 19.1. The van der Waals surface area contributed by atoms with E-state index >= 15 is 0 Å². The van der Waals surface area contributed by atoms with Crippen LogP contribution in [0, 0.1) is 19.7 Å². The molecule has 0 aliphatic rings. The zero-order valence-corrected chi connectivity index (χ0v) is 11.5. The summed E-state index contributed by atoms with van der Waals surface area (Å²) in [7, 11) is 0. The highest BCUT2D eigenvalue weighted by Gasteiger charge is 2.09. The van der Waals surface area contributed by atoms with Gasteiger partial charge in [-0.05, 0) is 43.2 Å². The minimum absolute atomic E-state index is 0.101. The van der Waals surface area contributed by atoms with E-state index in [2.05, 4.69) is 17.4 Å². The van der Waals surface area contributed by atoms with Gasteiger partial charge in [-0.15, -0.1) is 0 Å². The van der Waals surface area contributed by atoms with Crippen molar-refractivity contribution in [3.8, 4) is 0 Å². The Morgan fingerprint density at radius 3 is 2.60 bits per heavy atom. The summed E-state index contributed by atoms with van der Waals surface area (Å²) in [6, 6.07) is 10.5. The number of primary amides is 1. The van der Waals surface area contributed by atoms with Crippen molar-refractivity contribution in [2.24, 2.45) is 5.73 Å². The summed E-state index contributed by atoms with van der Waals surface area (Å²) in [5.74, 6) is -1.37. The zero-order chi connectivity index (χ0) is 14.7. The standard InChI is InChI=1S/C16H17FN2O/c1-10-3-4-12(11(2)7-10)9-19-13-5-6-15(17)14(8-13)16(18)20/h3-8,19H,9H2,1-2H3,(H2,18,20). The van der Waals surface area contributed by atoms with E-state index in [0.717, 1.165) is 5.56 Å². The molecular formula is C16H17FN2O. The summed E-state index contributed by atoms with van der Waals surface area (Å²) < 4.78 is 13.4. The third-order valence-electron chi connectivity index (χ3n) is 3.21. The van der Waals surface area contributed by atoms with Crippen molar-refractivity contribution in [1.29, 1.82) is 0 Å². The summed E-state index contributed by atoms with van der Waals surface area (Å²) in [5, 5.41) is 3.17. The molecule has 2 aromatic rings. The van der Waals surface area contributed by atoms with Crippen LogP contribution in [0.4, 0.5) is 10.1 Å². The Kier molecular flexibility index (Phi) is 4.03. The monoisotopic (exact) mass is 272 g/mol. The van der Waals surface area contributed by atoms with Crippen LogP contribution < -0.4 is 11.1 Å². The van der Waals surface area contributed by atoms with Crippen LogP contribution in [0.15, 0.2) is 36.4 Å². The van der Waals surface area contributed by atoms with Gasteiger partial charge in [-0.3, -0.25) is 4.79 Å². The van der Waals surface area contributed by atoms with Crippen molar-refractivity contribution in [3.05, 3.63) is 64.5 Å². The van der Waals surface area contributed by atoms with E-state index in [1.165, 1.54) is 23.3 Å². The summed E-state index contributed by atoms with van der Waals surface area (Å²) in [6.07, 6.45) is 0. The number of anilines is 1. The molecule has 0 spiro atoms. The largest absolute Gasteiger partial charge is 0.381 e. The molecule has 104 valence electrons. The van der Waals surface area contributed by atoms with Crippen LogP contribution in [-0.2, 0) is 6.54 Å². The first-order chi connectivity index (χ1) is 9.47. The lowest BCUT2D eigenvalue weighted by Gasteiger charge is -2.11. The van der Waals surface area contributed by atoms with Gasteiger partial charge in [-0.1, -0.05) is 23.8 Å². The molecule has 0 bridgehead atoms. The van der Waals surface area contributed by atoms with Gasteiger partial charge in [-0.2, -0.15) is 0 Å². The number of nitrogens with two attached hydrogens (primary N) is 1. The molecule has 2 rings (SSSR count). The molecule has 0 unspecified atom stereocenters. The second-order valence-electron chi connectivity index (χ2n) is 4.84. The van der Waals surface area contributed by atoms with Gasteiger partial charge in [0.2, 0.25) is 0 Å². The lowest BCUT2D eigenvalue weighted by molar-refractivity contribution is 0.0996. The molecule has 0 saturated heterocycles. The van der Waals surface area contributed by atoms with Gasteiger partial charge >= 0.3 is 0 Å². The Morgan fingerprint density at radius 2 is 1.95 bits per heavy atom. The molecule has 0 saturated carbocycles. The Morgan fingerprint density at radius 1 is 1.20 bits per heavy atom. The maximum atomic E-state index is 13.4. The molecular weight excluding hydrogens is 255 g/mol. The maximum absolute atomic E-state index is 13.4. The van der Waals surface area contributed by atoms with E-state index in [1.54, 1.807) is 6.07 Å². The minimum atomic E-state index is -0.766. The van der Waals surface area contributed by atoms with E-state index in [-0.39, 0.29) is 5.56 Å². The fourth-order valence-electron chi connectivity index (χ4n) is 2.07. The van der Waals surface area contributed by atoms with Gasteiger partial charge in [0.1, 0.15) is 5.82 Å². The molecule has 0 aliphatic heterocycles. The van der Waals surface area contributed by atoms with Crippen LogP contribution in [0.3, 0.4) is 0 Å². The van der Waals surface area contributed by atoms with E-state index in [0.29, 0.717) is 12.2 Å². The Bertz CT molecular complexity index is 653. The second kappa shape index (κ2) is 5.74. The number of rotatable bonds is 4. The van der Waals surface area contributed by atoms with Crippen LogP contribution in [0.2, 0.25) is 0 Å². The summed E-state index contributed by atoms with van der Waals surface area (Å²) in [5.41, 5.74) is 9.25. The van der Waals surface area contributed by atoms with Crippen molar-refractivity contribution < 1.29 is 9.18 Å². The number of hydrogen-bond acceptors (Lipinski definition) is 2. The first-order valence-corrected chi connectivity index (χ1v) is 6.36. The van der Waals surface area contributed by atoms with Crippen LogP contribution in [0.25, 0.3) is 0 Å². The number of nitrogens with one attached hydrogen (secondary N) is 1. The van der Waals surface area contributed by atoms with Crippen LogP contribution in [-0.4, -0.2) is 5.91 Å². The molecule has 0 atom stereocenters. The summed E-state index contributed by atoms with van der Waals surface area (Å²) >= 11 is 0. The van der Waals surface area contributed by atoms with E-state index < -0.39 is 11.7 Å². The highest BCUT2D eigenvalue weighted by molar-refractivity contribution is 5.94. The molecule has 0 radical (unpaired) electrons. The van der Waals surface area contributed by atoms with Crippen molar-refractivity contribution in [2.75, 3.05) is 5.32 Å². The number of benzene rings is 2. The number of aryl methyl sites for hydroxylation is 2. The van der Waals surface area contributed by atoms with E-state index in [4.69, 9.17) is 5.73 Å². The lowest BCUT2D eigenvalue weighted by atomic mass is 10.1. The smallest absolute Gasteiger partial charge is 0.251 e. The van der Waals surface area contributed by atoms with E-state index in [1.807, 2.05) is 19.9 Å². The molecule has 0 fully saturated rings. The second-order valence-corrected chi connectivity index (χ2v) is 4.84. The van der Waals surface area contributed by atoms with Crippen molar-refractivity contribution in [3.63, 3.8) is 0 Å². The Balaban J connectivity index is 2.15. The SMILES string of the molecule is Cc1ccc(CNc2ccc(F)c(C(N)=O)c2)c(C)c1. The maximum Gasteiger partial charge on any atom is 0.251 e. The topological polar surface area (TPSA) is 55.1 Å². The van der Waals surface area contributed by atoms with Crippen molar-refractivity contribution in [2.45, 2.75) is 20.4 Å². The molecule has 2 aromatic carbocycles. The van der Waals surface area contributed by atoms with Gasteiger partial charge in [0.15, 0.2) is 0 Å². The van der Waals surface area contributed by atoms with Crippen LogP contribution >= 0.6 is 0 Å². The van der Waals surface area contributed by atoms with Gasteiger partial charge in [-0.25, -0.2) is 4.39 Å². The third-order valence-corrected chi connectivity index (χ3v) is 3.21. The number of carbonyl (C=O) groups excluding carboxylic acids is 1. The first kappa shape index (κ1) is 14.1. The number of halogens is 1. The first-order valence-electron chi connectivity index (χ1n) is 6.36. The average molecular weight is 272 g/mol. The quantitative estimate of drug-likeness (QED) is 0.898. The summed E-state index contributed by atoms with van der Waals surface area (Å²) in [6.45, 7) is 4.70. The van der Waals surface area contributed by atoms with Gasteiger partial charge in [0.05, 0.1) is 5.56 Å². The van der Waals surface area contributed by atoms with Gasteiger partial charge in [0.25, 0.3) is 5.91 Å². The molecule has 3 nitrogen and oxygen atoms in total. The molecule has 0 aliphatic carbocycles. The average Bonchev–Trinajstić information content (AvgIpc) is 2.39. The summed E-state index contributed by atoms with van der Waals surface area (Å²) in [4.78, 5) is 11.1. The van der Waals surface area contributed by atoms with Crippen LogP contribution in [0.5, 0.6) is 0 Å². The molecule has 0 aromatic heterocycles. The number of hydrogen-bond donors (Lipinski definition) is 2. The molecule has 0 heterocycles. The fraction of sp³-hybridized carbons (Fsp3) is 0.188. The Hall–Kier alpha value is -2.36.